The molecule has 4 nitrogen and oxygen atoms in total. The summed E-state index contributed by atoms with van der Waals surface area (Å²) in [5.74, 6) is 1.69. The Labute approximate surface area is 116 Å². The zero-order valence-corrected chi connectivity index (χ0v) is 12.6. The highest BCUT2D eigenvalue weighted by molar-refractivity contribution is 5.30. The van der Waals surface area contributed by atoms with Crippen LogP contribution in [0.3, 0.4) is 0 Å². The van der Waals surface area contributed by atoms with Crippen molar-refractivity contribution in [2.45, 2.75) is 53.5 Å². The van der Waals surface area contributed by atoms with Crippen LogP contribution in [0.5, 0.6) is 0 Å². The van der Waals surface area contributed by atoms with Crippen molar-refractivity contribution in [2.75, 3.05) is 11.9 Å². The van der Waals surface area contributed by atoms with E-state index in [1.807, 2.05) is 0 Å². The van der Waals surface area contributed by atoms with Crippen molar-refractivity contribution in [1.29, 1.82) is 0 Å². The van der Waals surface area contributed by atoms with Crippen LogP contribution in [0.4, 0.5) is 5.82 Å². The van der Waals surface area contributed by atoms with Crippen molar-refractivity contribution in [3.8, 4) is 0 Å². The molecular weight excluding hydrogens is 238 g/mol. The molecule has 0 bridgehead atoms. The Morgan fingerprint density at radius 3 is 2.58 bits per heavy atom. The molecule has 0 saturated heterocycles. The van der Waals surface area contributed by atoms with Crippen molar-refractivity contribution in [2.24, 2.45) is 11.8 Å². The third-order valence-corrected chi connectivity index (χ3v) is 2.98. The number of unbranched alkanes of at least 4 members (excludes halogenated alkanes) is 1. The molecule has 0 unspecified atom stereocenters. The van der Waals surface area contributed by atoms with E-state index in [4.69, 9.17) is 0 Å². The zero-order valence-electron chi connectivity index (χ0n) is 12.6. The number of hydrogen-bond donors (Lipinski definition) is 1. The van der Waals surface area contributed by atoms with Crippen LogP contribution < -0.4 is 10.9 Å². The van der Waals surface area contributed by atoms with Gasteiger partial charge in [0.25, 0.3) is 5.56 Å². The van der Waals surface area contributed by atoms with Crippen LogP contribution in [0.1, 0.15) is 47.0 Å². The maximum atomic E-state index is 12.1. The van der Waals surface area contributed by atoms with Gasteiger partial charge in [0.05, 0.1) is 0 Å². The molecule has 108 valence electrons. The van der Waals surface area contributed by atoms with E-state index in [9.17, 15) is 4.79 Å². The van der Waals surface area contributed by atoms with Gasteiger partial charge in [0.1, 0.15) is 0 Å². The summed E-state index contributed by atoms with van der Waals surface area (Å²) in [5.41, 5.74) is -0.0138. The van der Waals surface area contributed by atoms with Crippen molar-refractivity contribution in [1.82, 2.24) is 9.55 Å². The molecule has 0 atom stereocenters. The van der Waals surface area contributed by atoms with E-state index in [1.54, 1.807) is 17.0 Å². The van der Waals surface area contributed by atoms with Crippen molar-refractivity contribution < 1.29 is 0 Å². The molecule has 1 N–H and O–H groups in total. The number of nitrogens with zero attached hydrogens (tertiary/aromatic N) is 2. The number of rotatable bonds is 8. The average molecular weight is 265 g/mol. The van der Waals surface area contributed by atoms with E-state index in [2.05, 4.69) is 38.0 Å². The summed E-state index contributed by atoms with van der Waals surface area (Å²) in [6.45, 7) is 10.2. The quantitative estimate of drug-likeness (QED) is 0.735. The fraction of sp³-hybridized carbons (Fsp3) is 0.733. The Kier molecular flexibility index (Phi) is 6.60. The summed E-state index contributed by atoms with van der Waals surface area (Å²) in [4.78, 5) is 16.2. The molecule has 0 radical (unpaired) electrons. The summed E-state index contributed by atoms with van der Waals surface area (Å²) >= 11 is 0. The topological polar surface area (TPSA) is 46.9 Å². The van der Waals surface area contributed by atoms with Crippen LogP contribution >= 0.6 is 0 Å². The number of nitrogens with one attached hydrogen (secondary N) is 1. The Hall–Kier alpha value is -1.32. The predicted molar refractivity (Wildman–Crippen MR) is 80.5 cm³/mol. The minimum Gasteiger partial charge on any atom is -0.365 e. The molecule has 0 spiro atoms. The molecule has 0 aromatic carbocycles. The van der Waals surface area contributed by atoms with Gasteiger partial charge in [0, 0.05) is 25.5 Å². The van der Waals surface area contributed by atoms with Crippen LogP contribution in [0.25, 0.3) is 0 Å². The molecule has 19 heavy (non-hydrogen) atoms. The van der Waals surface area contributed by atoms with Crippen molar-refractivity contribution >= 4 is 5.82 Å². The molecule has 4 heteroatoms. The van der Waals surface area contributed by atoms with Gasteiger partial charge in [-0.05, 0) is 18.3 Å². The highest BCUT2D eigenvalue weighted by atomic mass is 16.1. The van der Waals surface area contributed by atoms with Gasteiger partial charge in [0.2, 0.25) is 0 Å². The zero-order chi connectivity index (χ0) is 14.3. The minimum atomic E-state index is -0.0138. The second-order valence-corrected chi connectivity index (χ2v) is 5.94. The number of anilines is 1. The highest BCUT2D eigenvalue weighted by Crippen LogP contribution is 2.06. The van der Waals surface area contributed by atoms with Crippen LogP contribution in [-0.4, -0.2) is 16.1 Å². The van der Waals surface area contributed by atoms with E-state index in [0.717, 1.165) is 25.4 Å². The molecule has 0 aliphatic heterocycles. The van der Waals surface area contributed by atoms with Gasteiger partial charge >= 0.3 is 0 Å². The monoisotopic (exact) mass is 265 g/mol. The Balaban J connectivity index is 2.48. The van der Waals surface area contributed by atoms with Crippen LogP contribution in [0.15, 0.2) is 17.2 Å². The molecule has 1 rings (SSSR count). The summed E-state index contributed by atoms with van der Waals surface area (Å²) in [6.07, 6.45) is 6.96. The summed E-state index contributed by atoms with van der Waals surface area (Å²) < 4.78 is 1.73. The first-order chi connectivity index (χ1) is 9.00. The number of aromatic nitrogens is 2. The smallest absolute Gasteiger partial charge is 0.293 e. The maximum absolute atomic E-state index is 12.1. The van der Waals surface area contributed by atoms with Gasteiger partial charge in [-0.3, -0.25) is 4.79 Å². The third kappa shape index (κ3) is 5.90. The lowest BCUT2D eigenvalue weighted by Gasteiger charge is -2.11. The fourth-order valence-corrected chi connectivity index (χ4v) is 1.99. The molecule has 0 amide bonds. The molecule has 1 aromatic heterocycles. The molecular formula is C15H27N3O. The highest BCUT2D eigenvalue weighted by Gasteiger charge is 2.05. The first-order valence-corrected chi connectivity index (χ1v) is 7.30. The second kappa shape index (κ2) is 7.97. The second-order valence-electron chi connectivity index (χ2n) is 5.94. The summed E-state index contributed by atoms with van der Waals surface area (Å²) in [6, 6.07) is 0. The van der Waals surface area contributed by atoms with Crippen LogP contribution in [-0.2, 0) is 6.54 Å². The molecule has 0 fully saturated rings. The van der Waals surface area contributed by atoms with Crippen LogP contribution in [0, 0.1) is 11.8 Å². The lowest BCUT2D eigenvalue weighted by atomic mass is 10.1. The third-order valence-electron chi connectivity index (χ3n) is 2.98. The lowest BCUT2D eigenvalue weighted by Crippen LogP contribution is -2.26. The number of hydrogen-bond acceptors (Lipinski definition) is 3. The van der Waals surface area contributed by atoms with Gasteiger partial charge in [-0.25, -0.2) is 4.98 Å². The fourth-order valence-electron chi connectivity index (χ4n) is 1.99. The van der Waals surface area contributed by atoms with Crippen molar-refractivity contribution in [3.63, 3.8) is 0 Å². The molecule has 0 saturated carbocycles. The van der Waals surface area contributed by atoms with E-state index < -0.39 is 0 Å². The SMILES string of the molecule is CC(C)CCCCNc1nccn(CC(C)C)c1=O. The Morgan fingerprint density at radius 2 is 1.95 bits per heavy atom. The van der Waals surface area contributed by atoms with E-state index in [-0.39, 0.29) is 5.56 Å². The predicted octanol–water partition coefficient (Wildman–Crippen LogP) is 3.14. The molecule has 1 heterocycles. The average Bonchev–Trinajstić information content (AvgIpc) is 2.32. The largest absolute Gasteiger partial charge is 0.365 e. The van der Waals surface area contributed by atoms with Gasteiger partial charge in [-0.2, -0.15) is 0 Å². The minimum absolute atomic E-state index is 0.0138. The molecule has 1 aromatic rings. The summed E-state index contributed by atoms with van der Waals surface area (Å²) in [5, 5.41) is 3.16. The van der Waals surface area contributed by atoms with E-state index >= 15 is 0 Å². The first-order valence-electron chi connectivity index (χ1n) is 7.30. The van der Waals surface area contributed by atoms with Gasteiger partial charge in [0.15, 0.2) is 5.82 Å². The standard InChI is InChI=1S/C15H27N3O/c1-12(2)7-5-6-8-16-14-15(19)18(10-9-17-14)11-13(3)4/h9-10,12-13H,5-8,11H2,1-4H3,(H,16,17). The van der Waals surface area contributed by atoms with E-state index in [1.165, 1.54) is 12.8 Å². The van der Waals surface area contributed by atoms with Crippen LogP contribution in [0.2, 0.25) is 0 Å². The van der Waals surface area contributed by atoms with Gasteiger partial charge < -0.3 is 9.88 Å². The Bertz CT molecular complexity index is 424. The summed E-state index contributed by atoms with van der Waals surface area (Å²) in [7, 11) is 0. The van der Waals surface area contributed by atoms with E-state index in [0.29, 0.717) is 11.7 Å². The maximum Gasteiger partial charge on any atom is 0.293 e. The Morgan fingerprint density at radius 1 is 1.21 bits per heavy atom. The van der Waals surface area contributed by atoms with Crippen molar-refractivity contribution in [3.05, 3.63) is 22.7 Å². The van der Waals surface area contributed by atoms with Gasteiger partial charge in [-0.15, -0.1) is 0 Å². The normalized spacial score (nSPS) is 11.3. The molecule has 0 aliphatic rings. The lowest BCUT2D eigenvalue weighted by molar-refractivity contribution is 0.509. The van der Waals surface area contributed by atoms with Gasteiger partial charge in [-0.1, -0.05) is 40.5 Å². The first kappa shape index (κ1) is 15.7. The molecule has 0 aliphatic carbocycles.